The van der Waals surface area contributed by atoms with Crippen LogP contribution in [0.4, 0.5) is 0 Å². The van der Waals surface area contributed by atoms with E-state index in [2.05, 4.69) is 5.32 Å². The molecule has 9 heteroatoms. The van der Waals surface area contributed by atoms with Crippen molar-refractivity contribution in [3.8, 4) is 11.5 Å². The van der Waals surface area contributed by atoms with Crippen molar-refractivity contribution in [3.05, 3.63) is 23.8 Å². The number of carbonyl (C=O) groups excluding carboxylic acids is 2. The molecular weight excluding hydrogens is 374 g/mol. The number of hydrogen-bond donors (Lipinski definition) is 3. The first-order chi connectivity index (χ1) is 12.1. The molecule has 0 bridgehead atoms. The fraction of sp³-hybridized carbons (Fsp3) is 0.556. The molecule has 0 aliphatic heterocycles. The Morgan fingerprint density at radius 3 is 2.15 bits per heavy atom. The minimum atomic E-state index is -3.67. The SMILES string of the molecule is CC(C)CC(=O)Oc1ccc(C(=O)CNC(C)(C)C)cc1O.CS(=O)(=O)O. The zero-order valence-corrected chi connectivity index (χ0v) is 17.4. The number of carbonyl (C=O) groups is 2. The number of benzene rings is 1. The maximum absolute atomic E-state index is 12.0. The van der Waals surface area contributed by atoms with E-state index in [9.17, 15) is 23.1 Å². The van der Waals surface area contributed by atoms with Crippen LogP contribution < -0.4 is 10.1 Å². The van der Waals surface area contributed by atoms with Crippen LogP contribution in [0, 0.1) is 5.92 Å². The van der Waals surface area contributed by atoms with Gasteiger partial charge in [0, 0.05) is 17.5 Å². The number of phenolic OH excluding ortho intramolecular Hbond substituents is 1. The monoisotopic (exact) mass is 403 g/mol. The topological polar surface area (TPSA) is 130 Å². The summed E-state index contributed by atoms with van der Waals surface area (Å²) in [4.78, 5) is 23.6. The Kier molecular flexibility index (Phi) is 9.63. The molecule has 0 saturated heterocycles. The Labute approximate surface area is 160 Å². The number of esters is 1. The Hall–Kier alpha value is -1.97. The summed E-state index contributed by atoms with van der Waals surface area (Å²) in [5, 5.41) is 13.0. The smallest absolute Gasteiger partial charge is 0.311 e. The Bertz CT molecular complexity index is 741. The second-order valence-corrected chi connectivity index (χ2v) is 8.98. The van der Waals surface area contributed by atoms with E-state index in [1.165, 1.54) is 12.1 Å². The molecule has 0 atom stereocenters. The molecule has 1 rings (SSSR count). The summed E-state index contributed by atoms with van der Waals surface area (Å²) in [5.41, 5.74) is 0.210. The summed E-state index contributed by atoms with van der Waals surface area (Å²) in [6, 6.07) is 4.31. The molecule has 27 heavy (non-hydrogen) atoms. The number of ether oxygens (including phenoxy) is 1. The molecule has 0 amide bonds. The van der Waals surface area contributed by atoms with E-state index < -0.39 is 16.1 Å². The molecule has 0 radical (unpaired) electrons. The third-order valence-electron chi connectivity index (χ3n) is 2.86. The van der Waals surface area contributed by atoms with Crippen molar-refractivity contribution in [3.63, 3.8) is 0 Å². The van der Waals surface area contributed by atoms with Gasteiger partial charge in [-0.3, -0.25) is 14.1 Å². The van der Waals surface area contributed by atoms with Gasteiger partial charge in [-0.05, 0) is 44.9 Å². The summed E-state index contributed by atoms with van der Waals surface area (Å²) in [6.45, 7) is 9.89. The van der Waals surface area contributed by atoms with Gasteiger partial charge in [-0.1, -0.05) is 13.8 Å². The molecule has 0 aliphatic carbocycles. The van der Waals surface area contributed by atoms with E-state index in [1.54, 1.807) is 6.07 Å². The fourth-order valence-electron chi connectivity index (χ4n) is 1.72. The molecule has 0 aliphatic rings. The second kappa shape index (κ2) is 10.4. The van der Waals surface area contributed by atoms with Crippen LogP contribution in [0.25, 0.3) is 0 Å². The Morgan fingerprint density at radius 2 is 1.74 bits per heavy atom. The molecule has 0 aromatic heterocycles. The second-order valence-electron chi connectivity index (χ2n) is 7.51. The van der Waals surface area contributed by atoms with E-state index in [0.717, 1.165) is 0 Å². The van der Waals surface area contributed by atoms with Gasteiger partial charge in [0.15, 0.2) is 17.3 Å². The van der Waals surface area contributed by atoms with E-state index in [4.69, 9.17) is 9.29 Å². The molecule has 0 heterocycles. The number of nitrogens with one attached hydrogen (secondary N) is 1. The summed E-state index contributed by atoms with van der Waals surface area (Å²) < 4.78 is 31.0. The summed E-state index contributed by atoms with van der Waals surface area (Å²) in [5.74, 6) is -0.493. The van der Waals surface area contributed by atoms with Crippen LogP contribution in [-0.4, -0.2) is 48.2 Å². The highest BCUT2D eigenvalue weighted by Crippen LogP contribution is 2.27. The molecule has 1 aromatic carbocycles. The van der Waals surface area contributed by atoms with Crippen LogP contribution >= 0.6 is 0 Å². The predicted molar refractivity (Wildman–Crippen MR) is 103 cm³/mol. The third kappa shape index (κ3) is 13.8. The van der Waals surface area contributed by atoms with Gasteiger partial charge in [0.1, 0.15) is 0 Å². The predicted octanol–water partition coefficient (Wildman–Crippen LogP) is 2.42. The lowest BCUT2D eigenvalue weighted by Gasteiger charge is -2.19. The van der Waals surface area contributed by atoms with Gasteiger partial charge < -0.3 is 15.2 Å². The van der Waals surface area contributed by atoms with Crippen LogP contribution in [-0.2, 0) is 14.9 Å². The van der Waals surface area contributed by atoms with E-state index in [1.807, 2.05) is 34.6 Å². The molecule has 8 nitrogen and oxygen atoms in total. The summed E-state index contributed by atoms with van der Waals surface area (Å²) in [7, 11) is -3.67. The van der Waals surface area contributed by atoms with Gasteiger partial charge >= 0.3 is 5.97 Å². The number of ketones is 1. The first kappa shape index (κ1) is 25.0. The lowest BCUT2D eigenvalue weighted by atomic mass is 10.1. The largest absolute Gasteiger partial charge is 0.504 e. The minimum Gasteiger partial charge on any atom is -0.504 e. The fourth-order valence-corrected chi connectivity index (χ4v) is 1.72. The quantitative estimate of drug-likeness (QED) is 0.286. The van der Waals surface area contributed by atoms with Crippen molar-refractivity contribution in [1.29, 1.82) is 0 Å². The highest BCUT2D eigenvalue weighted by Gasteiger charge is 2.16. The third-order valence-corrected chi connectivity index (χ3v) is 2.86. The molecule has 0 unspecified atom stereocenters. The number of Topliss-reactive ketones (excluding diaryl/α,β-unsaturated/α-hetero) is 1. The molecular formula is C18H29NO7S. The first-order valence-electron chi connectivity index (χ1n) is 8.33. The van der Waals surface area contributed by atoms with Gasteiger partial charge in [-0.2, -0.15) is 8.42 Å². The maximum atomic E-state index is 12.0. The van der Waals surface area contributed by atoms with Gasteiger partial charge in [0.05, 0.1) is 12.8 Å². The Morgan fingerprint density at radius 1 is 1.22 bits per heavy atom. The average Bonchev–Trinajstić information content (AvgIpc) is 2.43. The van der Waals surface area contributed by atoms with Crippen LogP contribution in [0.2, 0.25) is 0 Å². The molecule has 0 spiro atoms. The van der Waals surface area contributed by atoms with E-state index in [0.29, 0.717) is 11.8 Å². The van der Waals surface area contributed by atoms with Crippen molar-refractivity contribution in [2.24, 2.45) is 5.92 Å². The van der Waals surface area contributed by atoms with Crippen LogP contribution in [0.5, 0.6) is 11.5 Å². The van der Waals surface area contributed by atoms with Gasteiger partial charge in [0.25, 0.3) is 10.1 Å². The lowest BCUT2D eigenvalue weighted by Crippen LogP contribution is -2.39. The molecule has 3 N–H and O–H groups in total. The minimum absolute atomic E-state index is 0.0750. The van der Waals surface area contributed by atoms with Crippen LogP contribution in [0.1, 0.15) is 51.4 Å². The standard InChI is InChI=1S/C17H25NO4.CH4O3S/c1-11(2)8-16(21)22-15-7-6-12(9-13(15)19)14(20)10-18-17(3,4)5;1-5(2,3)4/h6-7,9,11,18-19H,8,10H2,1-5H3;1H3,(H,2,3,4). The van der Waals surface area contributed by atoms with Crippen molar-refractivity contribution < 1.29 is 32.4 Å². The van der Waals surface area contributed by atoms with Crippen molar-refractivity contribution in [2.45, 2.75) is 46.6 Å². The zero-order chi connectivity index (χ0) is 21.4. The zero-order valence-electron chi connectivity index (χ0n) is 16.6. The van der Waals surface area contributed by atoms with Crippen molar-refractivity contribution in [2.75, 3.05) is 12.8 Å². The van der Waals surface area contributed by atoms with Crippen LogP contribution in [0.15, 0.2) is 18.2 Å². The maximum Gasteiger partial charge on any atom is 0.311 e. The molecule has 1 aromatic rings. The highest BCUT2D eigenvalue weighted by atomic mass is 32.2. The van der Waals surface area contributed by atoms with Gasteiger partial charge in [-0.15, -0.1) is 0 Å². The number of hydrogen-bond acceptors (Lipinski definition) is 7. The van der Waals surface area contributed by atoms with Crippen molar-refractivity contribution in [1.82, 2.24) is 5.32 Å². The first-order valence-corrected chi connectivity index (χ1v) is 10.2. The molecule has 0 saturated carbocycles. The van der Waals surface area contributed by atoms with Crippen molar-refractivity contribution >= 4 is 21.9 Å². The number of rotatable bonds is 6. The highest BCUT2D eigenvalue weighted by molar-refractivity contribution is 7.85. The number of aromatic hydroxyl groups is 1. The normalized spacial score (nSPS) is 11.6. The van der Waals surface area contributed by atoms with Gasteiger partial charge in [-0.25, -0.2) is 0 Å². The average molecular weight is 403 g/mol. The summed E-state index contributed by atoms with van der Waals surface area (Å²) >= 11 is 0. The molecule has 0 fully saturated rings. The summed E-state index contributed by atoms with van der Waals surface area (Å²) in [6.07, 6.45) is 0.989. The Balaban J connectivity index is 0.00000119. The lowest BCUT2D eigenvalue weighted by molar-refractivity contribution is -0.135. The van der Waals surface area contributed by atoms with E-state index >= 15 is 0 Å². The molecule has 154 valence electrons. The van der Waals surface area contributed by atoms with Gasteiger partial charge in [0.2, 0.25) is 0 Å². The van der Waals surface area contributed by atoms with Crippen LogP contribution in [0.3, 0.4) is 0 Å². The number of phenols is 1. The van der Waals surface area contributed by atoms with E-state index in [-0.39, 0.29) is 41.7 Å².